The number of carboxylic acids is 1. The van der Waals surface area contributed by atoms with Crippen molar-refractivity contribution >= 4 is 11.9 Å². The Morgan fingerprint density at radius 2 is 2.25 bits per heavy atom. The summed E-state index contributed by atoms with van der Waals surface area (Å²) in [6.07, 6.45) is 6.60. The molecule has 1 N–H and O–H groups in total. The minimum Gasteiger partial charge on any atom is -0.478 e. The average Bonchev–Trinajstić information content (AvgIpc) is 2.15. The zero-order valence-corrected chi connectivity index (χ0v) is 9.57. The van der Waals surface area contributed by atoms with Crippen LogP contribution in [0, 0.1) is 0 Å². The number of allylic oxidation sites excluding steroid dienone is 1. The van der Waals surface area contributed by atoms with E-state index < -0.39 is 5.97 Å². The van der Waals surface area contributed by atoms with Gasteiger partial charge in [0, 0.05) is 11.6 Å². The summed E-state index contributed by atoms with van der Waals surface area (Å²) in [4.78, 5) is 20.3. The maximum atomic E-state index is 10.3. The lowest BCUT2D eigenvalue weighted by Crippen LogP contribution is -2.05. The number of carbonyl (C=O) groups excluding carboxylic acids is 1. The lowest BCUT2D eigenvalue weighted by molar-refractivity contribution is -0.138. The summed E-state index contributed by atoms with van der Waals surface area (Å²) >= 11 is 0. The van der Waals surface area contributed by atoms with E-state index in [1.54, 1.807) is 6.08 Å². The molecular weight excluding hydrogens is 208 g/mol. The predicted octanol–water partition coefficient (Wildman–Crippen LogP) is 2.31. The third-order valence-electron chi connectivity index (χ3n) is 1.99. The number of hydrogen-bond donors (Lipinski definition) is 1. The Morgan fingerprint density at radius 1 is 1.62 bits per heavy atom. The minimum atomic E-state index is -0.758. The number of carbonyl (C=O) groups is 2. The van der Waals surface area contributed by atoms with E-state index in [4.69, 9.17) is 5.11 Å². The highest BCUT2D eigenvalue weighted by atomic mass is 16.5. The lowest BCUT2D eigenvalue weighted by atomic mass is 10.00. The van der Waals surface area contributed by atoms with Gasteiger partial charge >= 0.3 is 11.9 Å². The molecule has 0 saturated carbocycles. The van der Waals surface area contributed by atoms with Gasteiger partial charge in [0.05, 0.1) is 6.61 Å². The first-order chi connectivity index (χ1) is 7.61. The molecule has 0 bridgehead atoms. The molecule has 1 aliphatic carbocycles. The molecule has 0 unspecified atom stereocenters. The number of carboxylic acid groups (broad SMARTS) is 1. The summed E-state index contributed by atoms with van der Waals surface area (Å²) in [7, 11) is 0. The van der Waals surface area contributed by atoms with Crippen molar-refractivity contribution in [1.82, 2.24) is 0 Å². The van der Waals surface area contributed by atoms with Crippen LogP contribution >= 0.6 is 0 Å². The van der Waals surface area contributed by atoms with Gasteiger partial charge in [-0.05, 0) is 19.3 Å². The van der Waals surface area contributed by atoms with Crippen LogP contribution in [-0.4, -0.2) is 23.7 Å². The van der Waals surface area contributed by atoms with E-state index in [2.05, 4.69) is 11.3 Å². The van der Waals surface area contributed by atoms with Crippen molar-refractivity contribution in [2.75, 3.05) is 6.61 Å². The fraction of sp³-hybridized carbons (Fsp3) is 0.500. The van der Waals surface area contributed by atoms with E-state index in [9.17, 15) is 9.59 Å². The topological polar surface area (TPSA) is 63.6 Å². The number of aliphatic carboxylic acids is 1. The third kappa shape index (κ3) is 6.81. The first kappa shape index (κ1) is 14.4. The highest BCUT2D eigenvalue weighted by molar-refractivity contribution is 5.87. The Balaban J connectivity index is 0.000000288. The second-order valence-electron chi connectivity index (χ2n) is 3.30. The van der Waals surface area contributed by atoms with Crippen molar-refractivity contribution in [3.05, 3.63) is 24.3 Å². The van der Waals surface area contributed by atoms with Crippen molar-refractivity contribution < 1.29 is 19.4 Å². The van der Waals surface area contributed by atoms with Gasteiger partial charge in [-0.2, -0.15) is 0 Å². The molecule has 1 aliphatic rings. The van der Waals surface area contributed by atoms with Gasteiger partial charge in [-0.25, -0.2) is 9.59 Å². The van der Waals surface area contributed by atoms with Crippen LogP contribution in [0.15, 0.2) is 24.3 Å². The van der Waals surface area contributed by atoms with E-state index in [0.717, 1.165) is 25.7 Å². The Bertz CT molecular complexity index is 279. The number of unbranched alkanes of at least 4 members (excludes halogenated alkanes) is 1. The quantitative estimate of drug-likeness (QED) is 0.444. The second-order valence-corrected chi connectivity index (χ2v) is 3.30. The summed E-state index contributed by atoms with van der Waals surface area (Å²) in [5, 5.41) is 8.16. The monoisotopic (exact) mass is 226 g/mol. The molecule has 0 aromatic carbocycles. The van der Waals surface area contributed by atoms with Gasteiger partial charge in [0.25, 0.3) is 0 Å². The standard InChI is InChI=1S/C7H12O2.C5H6O2/c1-3-5-6-9-7(8)4-2;6-5(7)4-2-1-3-4/h4H,2-3,5-6H2,1H3;2H,1,3H2,(H,6,7). The molecule has 0 saturated heterocycles. The van der Waals surface area contributed by atoms with Crippen LogP contribution < -0.4 is 0 Å². The zero-order chi connectivity index (χ0) is 12.4. The Hall–Kier alpha value is -1.58. The summed E-state index contributed by atoms with van der Waals surface area (Å²) in [6, 6.07) is 0. The van der Waals surface area contributed by atoms with E-state index in [0.29, 0.717) is 12.2 Å². The fourth-order valence-corrected chi connectivity index (χ4v) is 0.859. The van der Waals surface area contributed by atoms with Crippen LogP contribution in [-0.2, 0) is 14.3 Å². The lowest BCUT2D eigenvalue weighted by Gasteiger charge is -2.06. The normalized spacial score (nSPS) is 12.4. The van der Waals surface area contributed by atoms with Crippen LogP contribution in [0.5, 0.6) is 0 Å². The predicted molar refractivity (Wildman–Crippen MR) is 61.0 cm³/mol. The number of hydrogen-bond acceptors (Lipinski definition) is 3. The Labute approximate surface area is 95.6 Å². The SMILES string of the molecule is C=CC(=O)OCCCC.O=C(O)C1=CCC1. The minimum absolute atomic E-state index is 0.330. The molecule has 0 atom stereocenters. The molecule has 16 heavy (non-hydrogen) atoms. The van der Waals surface area contributed by atoms with Crippen LogP contribution in [0.25, 0.3) is 0 Å². The molecule has 0 heterocycles. The molecule has 4 nitrogen and oxygen atoms in total. The first-order valence-corrected chi connectivity index (χ1v) is 5.33. The van der Waals surface area contributed by atoms with Gasteiger partial charge < -0.3 is 9.84 Å². The highest BCUT2D eigenvalue weighted by Gasteiger charge is 2.11. The molecule has 4 heteroatoms. The molecule has 1 rings (SSSR count). The summed E-state index contributed by atoms with van der Waals surface area (Å²) < 4.78 is 4.67. The van der Waals surface area contributed by atoms with Gasteiger partial charge in [0.1, 0.15) is 0 Å². The largest absolute Gasteiger partial charge is 0.478 e. The number of ether oxygens (including phenoxy) is 1. The van der Waals surface area contributed by atoms with Crippen molar-refractivity contribution in [3.8, 4) is 0 Å². The van der Waals surface area contributed by atoms with Gasteiger partial charge in [-0.15, -0.1) is 0 Å². The molecule has 0 amide bonds. The van der Waals surface area contributed by atoms with Gasteiger partial charge in [-0.3, -0.25) is 0 Å². The summed E-state index contributed by atoms with van der Waals surface area (Å²) in [5.74, 6) is -1.09. The Kier molecular flexibility index (Phi) is 7.85. The van der Waals surface area contributed by atoms with Crippen LogP contribution in [0.1, 0.15) is 32.6 Å². The van der Waals surface area contributed by atoms with Crippen LogP contribution in [0.2, 0.25) is 0 Å². The average molecular weight is 226 g/mol. The highest BCUT2D eigenvalue weighted by Crippen LogP contribution is 2.16. The maximum absolute atomic E-state index is 10.3. The van der Waals surface area contributed by atoms with E-state index in [1.165, 1.54) is 6.08 Å². The molecule has 0 radical (unpaired) electrons. The van der Waals surface area contributed by atoms with E-state index in [1.807, 2.05) is 6.92 Å². The molecule has 0 spiro atoms. The smallest absolute Gasteiger partial charge is 0.331 e. The maximum Gasteiger partial charge on any atom is 0.331 e. The van der Waals surface area contributed by atoms with Crippen molar-refractivity contribution in [3.63, 3.8) is 0 Å². The molecule has 0 aliphatic heterocycles. The van der Waals surface area contributed by atoms with Gasteiger partial charge in [0.15, 0.2) is 0 Å². The van der Waals surface area contributed by atoms with Crippen molar-refractivity contribution in [2.24, 2.45) is 0 Å². The molecule has 90 valence electrons. The first-order valence-electron chi connectivity index (χ1n) is 5.33. The van der Waals surface area contributed by atoms with E-state index in [-0.39, 0.29) is 5.97 Å². The van der Waals surface area contributed by atoms with Crippen LogP contribution in [0.3, 0.4) is 0 Å². The van der Waals surface area contributed by atoms with Gasteiger partial charge in [0.2, 0.25) is 0 Å². The number of rotatable bonds is 5. The zero-order valence-electron chi connectivity index (χ0n) is 9.57. The fourth-order valence-electron chi connectivity index (χ4n) is 0.859. The molecular formula is C12H18O4. The van der Waals surface area contributed by atoms with Crippen molar-refractivity contribution in [2.45, 2.75) is 32.6 Å². The molecule has 0 aromatic rings. The molecule has 0 aromatic heterocycles. The summed E-state index contributed by atoms with van der Waals surface area (Å²) in [6.45, 7) is 5.82. The van der Waals surface area contributed by atoms with Crippen molar-refractivity contribution in [1.29, 1.82) is 0 Å². The van der Waals surface area contributed by atoms with Crippen LogP contribution in [0.4, 0.5) is 0 Å². The van der Waals surface area contributed by atoms with E-state index >= 15 is 0 Å². The number of esters is 1. The van der Waals surface area contributed by atoms with Gasteiger partial charge in [-0.1, -0.05) is 26.0 Å². The Morgan fingerprint density at radius 3 is 2.50 bits per heavy atom. The second kappa shape index (κ2) is 8.71. The molecule has 0 fully saturated rings. The summed E-state index contributed by atoms with van der Waals surface area (Å²) in [5.41, 5.74) is 0.569. The third-order valence-corrected chi connectivity index (χ3v) is 1.99.